The monoisotopic (exact) mass is 394 g/mol. The van der Waals surface area contributed by atoms with Crippen LogP contribution in [-0.4, -0.2) is 32.5 Å². The highest BCUT2D eigenvalue weighted by atomic mass is 16.2. The number of carbonyl (C=O) groups is 2. The van der Waals surface area contributed by atoms with E-state index in [9.17, 15) is 9.59 Å². The molecule has 1 saturated carbocycles. The van der Waals surface area contributed by atoms with E-state index in [0.29, 0.717) is 18.3 Å². The van der Waals surface area contributed by atoms with Gasteiger partial charge < -0.3 is 10.2 Å². The molecule has 1 aliphatic carbocycles. The standard InChI is InChI=1S/C23H30N4O2/c1-2-3-13-26-14-12-21(25-26)24-22(28)20(15-17-8-4-5-9-17)27-16-18-10-6-7-11-19(18)23(27)29/h6-7,10-12,14,17,20H,2-5,8-9,13,15-16H2,1H3,(H,24,25,28). The van der Waals surface area contributed by atoms with Crippen LogP contribution in [-0.2, 0) is 17.9 Å². The number of benzene rings is 1. The number of unbranched alkanes of at least 4 members (excludes halogenated alkanes) is 1. The Hall–Kier alpha value is -2.63. The fraction of sp³-hybridized carbons (Fsp3) is 0.522. The molecule has 1 aliphatic heterocycles. The summed E-state index contributed by atoms with van der Waals surface area (Å²) in [5, 5.41) is 7.44. The molecule has 6 heteroatoms. The average molecular weight is 395 g/mol. The maximum atomic E-state index is 13.3. The number of aromatic nitrogens is 2. The molecule has 0 radical (unpaired) electrons. The van der Waals surface area contributed by atoms with Crippen LogP contribution in [0.3, 0.4) is 0 Å². The number of amides is 2. The number of fused-ring (bicyclic) bond motifs is 1. The van der Waals surface area contributed by atoms with Crippen LogP contribution < -0.4 is 5.32 Å². The topological polar surface area (TPSA) is 67.2 Å². The average Bonchev–Trinajstić information content (AvgIpc) is 3.46. The van der Waals surface area contributed by atoms with Gasteiger partial charge >= 0.3 is 0 Å². The number of aryl methyl sites for hydroxylation is 1. The van der Waals surface area contributed by atoms with Crippen LogP contribution in [0.1, 0.15) is 67.8 Å². The van der Waals surface area contributed by atoms with Crippen LogP contribution in [0.4, 0.5) is 5.82 Å². The summed E-state index contributed by atoms with van der Waals surface area (Å²) in [6, 6.07) is 9.05. The largest absolute Gasteiger partial charge is 0.322 e. The SMILES string of the molecule is CCCCn1ccc(NC(=O)C(CC2CCCC2)N2Cc3ccccc3C2=O)n1. The van der Waals surface area contributed by atoms with Gasteiger partial charge in [0.05, 0.1) is 0 Å². The zero-order valence-electron chi connectivity index (χ0n) is 17.1. The molecule has 4 rings (SSSR count). The zero-order chi connectivity index (χ0) is 20.2. The highest BCUT2D eigenvalue weighted by Crippen LogP contribution is 2.33. The second-order valence-corrected chi connectivity index (χ2v) is 8.30. The number of anilines is 1. The van der Waals surface area contributed by atoms with E-state index in [-0.39, 0.29) is 11.8 Å². The molecule has 2 amide bonds. The van der Waals surface area contributed by atoms with Crippen LogP contribution in [0.25, 0.3) is 0 Å². The Balaban J connectivity index is 1.50. The van der Waals surface area contributed by atoms with Crippen molar-refractivity contribution in [1.29, 1.82) is 0 Å². The minimum absolute atomic E-state index is 0.0350. The first-order chi connectivity index (χ1) is 14.2. The summed E-state index contributed by atoms with van der Waals surface area (Å²) >= 11 is 0. The lowest BCUT2D eigenvalue weighted by atomic mass is 9.96. The summed E-state index contributed by atoms with van der Waals surface area (Å²) in [5.74, 6) is 0.905. The third kappa shape index (κ3) is 4.36. The van der Waals surface area contributed by atoms with Crippen molar-refractivity contribution < 1.29 is 9.59 Å². The van der Waals surface area contributed by atoms with Crippen LogP contribution in [0.2, 0.25) is 0 Å². The van der Waals surface area contributed by atoms with E-state index >= 15 is 0 Å². The Bertz CT molecular complexity index is 869. The first kappa shape index (κ1) is 19.7. The molecule has 1 N–H and O–H groups in total. The first-order valence-corrected chi connectivity index (χ1v) is 10.9. The molecule has 1 atom stereocenters. The summed E-state index contributed by atoms with van der Waals surface area (Å²) in [5.41, 5.74) is 1.73. The lowest BCUT2D eigenvalue weighted by molar-refractivity contribution is -0.121. The molecule has 6 nitrogen and oxygen atoms in total. The van der Waals surface area contributed by atoms with Crippen LogP contribution >= 0.6 is 0 Å². The summed E-state index contributed by atoms with van der Waals surface area (Å²) in [6.45, 7) is 3.49. The first-order valence-electron chi connectivity index (χ1n) is 10.9. The van der Waals surface area contributed by atoms with Gasteiger partial charge in [-0.25, -0.2) is 0 Å². The van der Waals surface area contributed by atoms with Crippen molar-refractivity contribution in [2.24, 2.45) is 5.92 Å². The van der Waals surface area contributed by atoms with E-state index in [1.54, 1.807) is 4.90 Å². The molecule has 1 aromatic carbocycles. The number of hydrogen-bond acceptors (Lipinski definition) is 3. The molecule has 2 aliphatic rings. The predicted octanol–water partition coefficient (Wildman–Crippen LogP) is 4.23. The van der Waals surface area contributed by atoms with E-state index in [2.05, 4.69) is 17.3 Å². The highest BCUT2D eigenvalue weighted by molar-refractivity contribution is 6.03. The number of carbonyl (C=O) groups excluding carboxylic acids is 2. The van der Waals surface area contributed by atoms with E-state index < -0.39 is 6.04 Å². The van der Waals surface area contributed by atoms with E-state index in [4.69, 9.17) is 0 Å². The summed E-state index contributed by atoms with van der Waals surface area (Å²) < 4.78 is 1.86. The van der Waals surface area contributed by atoms with Crippen molar-refractivity contribution in [2.75, 3.05) is 5.32 Å². The van der Waals surface area contributed by atoms with Gasteiger partial charge in [0.25, 0.3) is 5.91 Å². The number of nitrogens with one attached hydrogen (secondary N) is 1. The van der Waals surface area contributed by atoms with Gasteiger partial charge in [0.1, 0.15) is 6.04 Å². The molecular weight excluding hydrogens is 364 g/mol. The summed E-state index contributed by atoms with van der Waals surface area (Å²) in [4.78, 5) is 28.0. The number of hydrogen-bond donors (Lipinski definition) is 1. The van der Waals surface area contributed by atoms with Gasteiger partial charge in [0.15, 0.2) is 5.82 Å². The summed E-state index contributed by atoms with van der Waals surface area (Å²) in [7, 11) is 0. The molecule has 0 bridgehead atoms. The van der Waals surface area contributed by atoms with Crippen LogP contribution in [0, 0.1) is 5.92 Å². The Kier molecular flexibility index (Phi) is 5.97. The lowest BCUT2D eigenvalue weighted by Crippen LogP contribution is -2.45. The van der Waals surface area contributed by atoms with Crippen molar-refractivity contribution >= 4 is 17.6 Å². The van der Waals surface area contributed by atoms with E-state index in [0.717, 1.165) is 49.8 Å². The van der Waals surface area contributed by atoms with Gasteiger partial charge in [-0.15, -0.1) is 0 Å². The second-order valence-electron chi connectivity index (χ2n) is 8.30. The lowest BCUT2D eigenvalue weighted by Gasteiger charge is -2.28. The third-order valence-corrected chi connectivity index (χ3v) is 6.19. The number of rotatable bonds is 8. The summed E-state index contributed by atoms with van der Waals surface area (Å²) in [6.07, 6.45) is 9.50. The normalized spacial score (nSPS) is 17.6. The maximum Gasteiger partial charge on any atom is 0.255 e. The number of nitrogens with zero attached hydrogens (tertiary/aromatic N) is 3. The maximum absolute atomic E-state index is 13.3. The second kappa shape index (κ2) is 8.80. The molecule has 2 aromatic rings. The van der Waals surface area contributed by atoms with Crippen LogP contribution in [0.5, 0.6) is 0 Å². The zero-order valence-corrected chi connectivity index (χ0v) is 17.1. The van der Waals surface area contributed by atoms with Crippen molar-refractivity contribution in [1.82, 2.24) is 14.7 Å². The molecule has 1 fully saturated rings. The third-order valence-electron chi connectivity index (χ3n) is 6.19. The van der Waals surface area contributed by atoms with E-state index in [1.807, 2.05) is 41.2 Å². The molecule has 0 spiro atoms. The predicted molar refractivity (Wildman–Crippen MR) is 112 cm³/mol. The Morgan fingerprint density at radius 2 is 2.03 bits per heavy atom. The molecular formula is C23H30N4O2. The van der Waals surface area contributed by atoms with Crippen molar-refractivity contribution in [3.05, 3.63) is 47.7 Å². The Morgan fingerprint density at radius 1 is 1.24 bits per heavy atom. The van der Waals surface area contributed by atoms with Crippen LogP contribution in [0.15, 0.2) is 36.5 Å². The van der Waals surface area contributed by atoms with Gasteiger partial charge in [-0.2, -0.15) is 5.10 Å². The molecule has 154 valence electrons. The van der Waals surface area contributed by atoms with Gasteiger partial charge in [0, 0.05) is 30.9 Å². The highest BCUT2D eigenvalue weighted by Gasteiger charge is 2.38. The Labute approximate surface area is 172 Å². The Morgan fingerprint density at radius 3 is 2.79 bits per heavy atom. The quantitative estimate of drug-likeness (QED) is 0.729. The fourth-order valence-corrected chi connectivity index (χ4v) is 4.55. The van der Waals surface area contributed by atoms with Gasteiger partial charge in [-0.05, 0) is 30.4 Å². The molecule has 0 saturated heterocycles. The molecule has 1 aromatic heterocycles. The molecule has 29 heavy (non-hydrogen) atoms. The van der Waals surface area contributed by atoms with Gasteiger partial charge in [-0.3, -0.25) is 14.3 Å². The van der Waals surface area contributed by atoms with Crippen molar-refractivity contribution in [2.45, 2.75) is 71.0 Å². The minimum Gasteiger partial charge on any atom is -0.322 e. The van der Waals surface area contributed by atoms with Gasteiger partial charge in [-0.1, -0.05) is 57.2 Å². The fourth-order valence-electron chi connectivity index (χ4n) is 4.55. The molecule has 2 heterocycles. The smallest absolute Gasteiger partial charge is 0.255 e. The molecule has 1 unspecified atom stereocenters. The minimum atomic E-state index is -0.459. The van der Waals surface area contributed by atoms with Crippen molar-refractivity contribution in [3.8, 4) is 0 Å². The van der Waals surface area contributed by atoms with E-state index in [1.165, 1.54) is 12.8 Å². The van der Waals surface area contributed by atoms with Gasteiger partial charge in [0.2, 0.25) is 5.91 Å². The van der Waals surface area contributed by atoms with Crippen molar-refractivity contribution in [3.63, 3.8) is 0 Å².